The van der Waals surface area contributed by atoms with E-state index in [0.717, 1.165) is 17.8 Å². The zero-order valence-corrected chi connectivity index (χ0v) is 11.8. The van der Waals surface area contributed by atoms with Gasteiger partial charge in [0.1, 0.15) is 0 Å². The molecule has 0 amide bonds. The molecule has 2 N–H and O–H groups in total. The molecule has 0 bridgehead atoms. The third-order valence-corrected chi connectivity index (χ3v) is 5.00. The van der Waals surface area contributed by atoms with Gasteiger partial charge in [0.2, 0.25) is 0 Å². The second kappa shape index (κ2) is 8.37. The van der Waals surface area contributed by atoms with Gasteiger partial charge < -0.3 is 5.73 Å². The maximum atomic E-state index is 5.48. The normalized spacial score (nSPS) is 27.2. The summed E-state index contributed by atoms with van der Waals surface area (Å²) >= 11 is 2.12. The van der Waals surface area contributed by atoms with E-state index in [0.29, 0.717) is 0 Å². The predicted octanol–water partition coefficient (Wildman–Crippen LogP) is 2.72. The fraction of sp³-hybridized carbons (Fsp3) is 1.00. The first-order valence-electron chi connectivity index (χ1n) is 6.81. The van der Waals surface area contributed by atoms with Crippen LogP contribution in [-0.2, 0) is 0 Å². The van der Waals surface area contributed by atoms with Crippen LogP contribution >= 0.6 is 11.8 Å². The quantitative estimate of drug-likeness (QED) is 0.698. The summed E-state index contributed by atoms with van der Waals surface area (Å²) in [4.78, 5) is 2.67. The fourth-order valence-electron chi connectivity index (χ4n) is 2.30. The Hall–Kier alpha value is 0.270. The summed E-state index contributed by atoms with van der Waals surface area (Å²) in [5.74, 6) is 1.32. The highest BCUT2D eigenvalue weighted by Crippen LogP contribution is 2.24. The van der Waals surface area contributed by atoms with Gasteiger partial charge in [-0.15, -0.1) is 0 Å². The van der Waals surface area contributed by atoms with Crippen molar-refractivity contribution < 1.29 is 0 Å². The molecule has 0 radical (unpaired) electrons. The molecule has 0 aromatic rings. The van der Waals surface area contributed by atoms with Crippen LogP contribution in [0.5, 0.6) is 0 Å². The van der Waals surface area contributed by atoms with Crippen LogP contribution < -0.4 is 5.73 Å². The van der Waals surface area contributed by atoms with Crippen LogP contribution in [0.4, 0.5) is 0 Å². The summed E-state index contributed by atoms with van der Waals surface area (Å²) < 4.78 is 0. The van der Waals surface area contributed by atoms with Crippen molar-refractivity contribution in [3.05, 3.63) is 0 Å². The van der Waals surface area contributed by atoms with Crippen LogP contribution in [0, 0.1) is 0 Å². The summed E-state index contributed by atoms with van der Waals surface area (Å²) in [5.41, 5.74) is 5.48. The van der Waals surface area contributed by atoms with Crippen molar-refractivity contribution in [3.8, 4) is 0 Å². The number of nitrogens with zero attached hydrogens (tertiary/aromatic N) is 1. The van der Waals surface area contributed by atoms with E-state index in [-0.39, 0.29) is 0 Å². The lowest BCUT2D eigenvalue weighted by Gasteiger charge is -2.37. The molecule has 1 saturated heterocycles. The smallest absolute Gasteiger partial charge is 0.0184 e. The summed E-state index contributed by atoms with van der Waals surface area (Å²) in [7, 11) is 0. The van der Waals surface area contributed by atoms with Crippen molar-refractivity contribution >= 4 is 11.8 Å². The number of thioether (sulfide) groups is 1. The van der Waals surface area contributed by atoms with E-state index in [9.17, 15) is 0 Å². The molecule has 0 aliphatic carbocycles. The Morgan fingerprint density at radius 3 is 2.56 bits per heavy atom. The maximum Gasteiger partial charge on any atom is 0.0184 e. The third-order valence-electron chi connectivity index (χ3n) is 3.66. The Balaban J connectivity index is 2.03. The first-order chi connectivity index (χ1) is 7.75. The van der Waals surface area contributed by atoms with Crippen LogP contribution in [0.15, 0.2) is 0 Å². The van der Waals surface area contributed by atoms with Crippen molar-refractivity contribution in [3.63, 3.8) is 0 Å². The molecule has 16 heavy (non-hydrogen) atoms. The monoisotopic (exact) mass is 244 g/mol. The number of rotatable bonds is 7. The second-order valence-corrected chi connectivity index (χ2v) is 6.39. The van der Waals surface area contributed by atoms with Gasteiger partial charge in [0, 0.05) is 23.6 Å². The zero-order chi connectivity index (χ0) is 11.8. The van der Waals surface area contributed by atoms with E-state index < -0.39 is 0 Å². The van der Waals surface area contributed by atoms with Crippen LogP contribution in [0.2, 0.25) is 0 Å². The van der Waals surface area contributed by atoms with Gasteiger partial charge in [-0.05, 0) is 32.9 Å². The maximum absolute atomic E-state index is 5.48. The lowest BCUT2D eigenvalue weighted by Crippen LogP contribution is -2.44. The molecular weight excluding hydrogens is 216 g/mol. The zero-order valence-electron chi connectivity index (χ0n) is 11.0. The van der Waals surface area contributed by atoms with E-state index in [4.69, 9.17) is 5.73 Å². The van der Waals surface area contributed by atoms with Crippen molar-refractivity contribution in [2.45, 2.75) is 57.2 Å². The molecule has 1 aliphatic rings. The van der Waals surface area contributed by atoms with Crippen molar-refractivity contribution in [2.24, 2.45) is 5.73 Å². The Kier molecular flexibility index (Phi) is 7.50. The highest BCUT2D eigenvalue weighted by Gasteiger charge is 2.24. The molecule has 1 rings (SSSR count). The highest BCUT2D eigenvalue weighted by molar-refractivity contribution is 8.00. The minimum atomic E-state index is 0.766. The molecular formula is C13H28N2S. The van der Waals surface area contributed by atoms with Gasteiger partial charge in [0.25, 0.3) is 0 Å². The van der Waals surface area contributed by atoms with E-state index in [2.05, 4.69) is 30.5 Å². The van der Waals surface area contributed by atoms with Gasteiger partial charge in [-0.3, -0.25) is 4.90 Å². The van der Waals surface area contributed by atoms with Gasteiger partial charge in [-0.1, -0.05) is 26.2 Å². The van der Waals surface area contributed by atoms with Crippen molar-refractivity contribution in [1.29, 1.82) is 0 Å². The minimum absolute atomic E-state index is 0.766. The minimum Gasteiger partial charge on any atom is -0.330 e. The summed E-state index contributed by atoms with van der Waals surface area (Å²) in [6.45, 7) is 8.19. The molecule has 2 nitrogen and oxygen atoms in total. The second-order valence-electron chi connectivity index (χ2n) is 4.91. The number of hydrogen-bond donors (Lipinski definition) is 1. The SMILES string of the molecule is CC1SCCN(CCCCCCCN)C1C. The van der Waals surface area contributed by atoms with Crippen LogP contribution in [0.1, 0.15) is 46.0 Å². The molecule has 2 atom stereocenters. The fourth-order valence-corrected chi connectivity index (χ4v) is 3.46. The lowest BCUT2D eigenvalue weighted by molar-refractivity contribution is 0.208. The Bertz CT molecular complexity index is 175. The standard InChI is InChI=1S/C13H28N2S/c1-12-13(2)16-11-10-15(12)9-7-5-3-4-6-8-14/h12-13H,3-11,14H2,1-2H3. The van der Waals surface area contributed by atoms with Gasteiger partial charge in [0.05, 0.1) is 0 Å². The van der Waals surface area contributed by atoms with Gasteiger partial charge in [-0.2, -0.15) is 11.8 Å². The molecule has 0 spiro atoms. The molecule has 1 heterocycles. The molecule has 3 heteroatoms. The molecule has 1 fully saturated rings. The Morgan fingerprint density at radius 2 is 1.81 bits per heavy atom. The van der Waals surface area contributed by atoms with Gasteiger partial charge >= 0.3 is 0 Å². The Labute approximate surface area is 105 Å². The van der Waals surface area contributed by atoms with Crippen LogP contribution in [0.3, 0.4) is 0 Å². The molecule has 0 aromatic carbocycles. The number of hydrogen-bond acceptors (Lipinski definition) is 3. The number of unbranched alkanes of at least 4 members (excludes halogenated alkanes) is 4. The average Bonchev–Trinajstić information content (AvgIpc) is 2.29. The van der Waals surface area contributed by atoms with Crippen LogP contribution in [0.25, 0.3) is 0 Å². The number of nitrogens with two attached hydrogens (primary N) is 1. The van der Waals surface area contributed by atoms with Crippen molar-refractivity contribution in [2.75, 3.05) is 25.4 Å². The molecule has 1 aliphatic heterocycles. The van der Waals surface area contributed by atoms with E-state index >= 15 is 0 Å². The summed E-state index contributed by atoms with van der Waals surface area (Å²) in [6, 6.07) is 0.766. The van der Waals surface area contributed by atoms with E-state index in [1.165, 1.54) is 50.9 Å². The predicted molar refractivity (Wildman–Crippen MR) is 75.1 cm³/mol. The van der Waals surface area contributed by atoms with Crippen molar-refractivity contribution in [1.82, 2.24) is 4.90 Å². The summed E-state index contributed by atoms with van der Waals surface area (Å²) in [6.07, 6.45) is 6.63. The average molecular weight is 244 g/mol. The lowest BCUT2D eigenvalue weighted by atomic mass is 10.1. The van der Waals surface area contributed by atoms with E-state index in [1.807, 2.05) is 0 Å². The molecule has 0 saturated carbocycles. The summed E-state index contributed by atoms with van der Waals surface area (Å²) in [5, 5.41) is 0.811. The third kappa shape index (κ3) is 5.07. The molecule has 2 unspecified atom stereocenters. The highest BCUT2D eigenvalue weighted by atomic mass is 32.2. The largest absolute Gasteiger partial charge is 0.330 e. The Morgan fingerprint density at radius 1 is 1.12 bits per heavy atom. The van der Waals surface area contributed by atoms with Crippen LogP contribution in [-0.4, -0.2) is 41.6 Å². The first kappa shape index (κ1) is 14.3. The first-order valence-corrected chi connectivity index (χ1v) is 7.86. The van der Waals surface area contributed by atoms with Gasteiger partial charge in [-0.25, -0.2) is 0 Å². The molecule has 96 valence electrons. The van der Waals surface area contributed by atoms with Gasteiger partial charge in [0.15, 0.2) is 0 Å². The van der Waals surface area contributed by atoms with E-state index in [1.54, 1.807) is 0 Å². The molecule has 0 aromatic heterocycles. The topological polar surface area (TPSA) is 29.3 Å².